The lowest BCUT2D eigenvalue weighted by atomic mass is 9.91. The number of likely N-dealkylation sites (N-methyl/N-ethyl adjacent to an activating group) is 1. The first-order valence-electron chi connectivity index (χ1n) is 6.53. The summed E-state index contributed by atoms with van der Waals surface area (Å²) in [5.41, 5.74) is 2.38. The number of imidazole rings is 1. The van der Waals surface area contributed by atoms with E-state index in [-0.39, 0.29) is 6.04 Å². The number of aromatic nitrogens is 2. The van der Waals surface area contributed by atoms with Gasteiger partial charge in [0.05, 0.1) is 22.7 Å². The van der Waals surface area contributed by atoms with Gasteiger partial charge in [0, 0.05) is 7.05 Å². The van der Waals surface area contributed by atoms with Crippen molar-refractivity contribution >= 4 is 11.0 Å². The summed E-state index contributed by atoms with van der Waals surface area (Å²) in [5.74, 6) is 0.997. The standard InChI is InChI=1S/C15H23N3O/c1-10-16-12-9-11(7-8-13(12)18(10)6)14(17(4)5)15(2,3)19/h7-9,14,19H,1-6H3. The molecule has 19 heavy (non-hydrogen) atoms. The van der Waals surface area contributed by atoms with E-state index in [1.165, 1.54) is 0 Å². The van der Waals surface area contributed by atoms with E-state index >= 15 is 0 Å². The molecular weight excluding hydrogens is 238 g/mol. The lowest BCUT2D eigenvalue weighted by molar-refractivity contribution is -0.00309. The predicted octanol–water partition coefficient (Wildman–Crippen LogP) is 2.26. The number of aryl methyl sites for hydroxylation is 2. The van der Waals surface area contributed by atoms with Crippen LogP contribution in [0.5, 0.6) is 0 Å². The number of fused-ring (bicyclic) bond motifs is 1. The molecule has 0 amide bonds. The molecular formula is C15H23N3O. The summed E-state index contributed by atoms with van der Waals surface area (Å²) in [6.45, 7) is 5.68. The number of hydrogen-bond donors (Lipinski definition) is 1. The molecule has 4 nitrogen and oxygen atoms in total. The van der Waals surface area contributed by atoms with Crippen LogP contribution < -0.4 is 0 Å². The number of hydrogen-bond acceptors (Lipinski definition) is 3. The molecule has 1 N–H and O–H groups in total. The van der Waals surface area contributed by atoms with Gasteiger partial charge < -0.3 is 9.67 Å². The zero-order valence-electron chi connectivity index (χ0n) is 12.6. The van der Waals surface area contributed by atoms with Gasteiger partial charge in [-0.05, 0) is 52.6 Å². The number of nitrogens with zero attached hydrogens (tertiary/aromatic N) is 3. The van der Waals surface area contributed by atoms with Crippen molar-refractivity contribution in [3.05, 3.63) is 29.6 Å². The average Bonchev–Trinajstić information content (AvgIpc) is 2.52. The van der Waals surface area contributed by atoms with Crippen LogP contribution in [-0.2, 0) is 7.05 Å². The van der Waals surface area contributed by atoms with E-state index in [0.717, 1.165) is 22.4 Å². The summed E-state index contributed by atoms with van der Waals surface area (Å²) in [7, 11) is 5.98. The van der Waals surface area contributed by atoms with Crippen LogP contribution >= 0.6 is 0 Å². The van der Waals surface area contributed by atoms with Crippen molar-refractivity contribution in [2.45, 2.75) is 32.4 Å². The molecule has 104 valence electrons. The van der Waals surface area contributed by atoms with Gasteiger partial charge in [-0.3, -0.25) is 4.90 Å². The largest absolute Gasteiger partial charge is 0.388 e. The van der Waals surface area contributed by atoms with Crippen molar-refractivity contribution in [2.75, 3.05) is 14.1 Å². The molecule has 0 saturated heterocycles. The molecule has 0 bridgehead atoms. The van der Waals surface area contributed by atoms with Crippen molar-refractivity contribution in [1.82, 2.24) is 14.5 Å². The maximum atomic E-state index is 10.4. The summed E-state index contributed by atoms with van der Waals surface area (Å²) < 4.78 is 2.08. The van der Waals surface area contributed by atoms with Gasteiger partial charge in [-0.15, -0.1) is 0 Å². The van der Waals surface area contributed by atoms with E-state index in [1.807, 2.05) is 46.8 Å². The first-order valence-corrected chi connectivity index (χ1v) is 6.53. The third-order valence-corrected chi connectivity index (χ3v) is 3.63. The molecule has 0 spiro atoms. The molecule has 0 aliphatic heterocycles. The Kier molecular flexibility index (Phi) is 3.41. The highest BCUT2D eigenvalue weighted by molar-refractivity contribution is 5.77. The molecule has 0 aliphatic rings. The minimum atomic E-state index is -0.805. The second-order valence-corrected chi connectivity index (χ2v) is 5.99. The van der Waals surface area contributed by atoms with Crippen LogP contribution in [0, 0.1) is 6.92 Å². The molecule has 1 aromatic carbocycles. The number of rotatable bonds is 3. The second-order valence-electron chi connectivity index (χ2n) is 5.99. The maximum absolute atomic E-state index is 10.4. The van der Waals surface area contributed by atoms with Crippen molar-refractivity contribution in [1.29, 1.82) is 0 Å². The van der Waals surface area contributed by atoms with Crippen LogP contribution in [0.4, 0.5) is 0 Å². The van der Waals surface area contributed by atoms with E-state index in [4.69, 9.17) is 0 Å². The van der Waals surface area contributed by atoms with E-state index in [0.29, 0.717) is 0 Å². The van der Waals surface area contributed by atoms with Crippen molar-refractivity contribution in [3.8, 4) is 0 Å². The van der Waals surface area contributed by atoms with Crippen molar-refractivity contribution in [2.24, 2.45) is 7.05 Å². The van der Waals surface area contributed by atoms with E-state index in [2.05, 4.69) is 27.8 Å². The van der Waals surface area contributed by atoms with Crippen LogP contribution in [0.3, 0.4) is 0 Å². The zero-order valence-corrected chi connectivity index (χ0v) is 12.6. The fourth-order valence-electron chi connectivity index (χ4n) is 2.85. The SMILES string of the molecule is Cc1nc2cc(C(N(C)C)C(C)(C)O)ccc2n1C. The Morgan fingerprint density at radius 3 is 2.47 bits per heavy atom. The summed E-state index contributed by atoms with van der Waals surface area (Å²) in [6, 6.07) is 6.17. The lowest BCUT2D eigenvalue weighted by Crippen LogP contribution is -2.38. The molecule has 0 aliphatic carbocycles. The normalized spacial score (nSPS) is 14.3. The van der Waals surface area contributed by atoms with Gasteiger partial charge in [0.25, 0.3) is 0 Å². The van der Waals surface area contributed by atoms with Gasteiger partial charge in [-0.1, -0.05) is 6.07 Å². The van der Waals surface area contributed by atoms with Gasteiger partial charge in [-0.2, -0.15) is 0 Å². The molecule has 2 rings (SSSR count). The monoisotopic (exact) mass is 261 g/mol. The summed E-state index contributed by atoms with van der Waals surface area (Å²) in [5, 5.41) is 10.4. The second kappa shape index (κ2) is 4.62. The fraction of sp³-hybridized carbons (Fsp3) is 0.533. The smallest absolute Gasteiger partial charge is 0.106 e. The van der Waals surface area contributed by atoms with Crippen LogP contribution in [0.1, 0.15) is 31.3 Å². The summed E-state index contributed by atoms with van der Waals surface area (Å²) in [4.78, 5) is 6.60. The van der Waals surface area contributed by atoms with Crippen LogP contribution in [0.25, 0.3) is 11.0 Å². The third-order valence-electron chi connectivity index (χ3n) is 3.63. The molecule has 1 atom stereocenters. The highest BCUT2D eigenvalue weighted by Gasteiger charge is 2.30. The third kappa shape index (κ3) is 2.51. The molecule has 4 heteroatoms. The lowest BCUT2D eigenvalue weighted by Gasteiger charge is -2.35. The molecule has 0 fully saturated rings. The molecule has 0 radical (unpaired) electrons. The molecule has 0 saturated carbocycles. The van der Waals surface area contributed by atoms with Crippen LogP contribution in [0.2, 0.25) is 0 Å². The van der Waals surface area contributed by atoms with Gasteiger partial charge in [-0.25, -0.2) is 4.98 Å². The highest BCUT2D eigenvalue weighted by atomic mass is 16.3. The van der Waals surface area contributed by atoms with Crippen LogP contribution in [0.15, 0.2) is 18.2 Å². The quantitative estimate of drug-likeness (QED) is 0.921. The summed E-state index contributed by atoms with van der Waals surface area (Å²) >= 11 is 0. The molecule has 2 aromatic rings. The Morgan fingerprint density at radius 2 is 1.95 bits per heavy atom. The van der Waals surface area contributed by atoms with Gasteiger partial charge in [0.1, 0.15) is 5.82 Å². The average molecular weight is 261 g/mol. The Morgan fingerprint density at radius 1 is 1.32 bits per heavy atom. The van der Waals surface area contributed by atoms with Gasteiger partial charge in [0.2, 0.25) is 0 Å². The highest BCUT2D eigenvalue weighted by Crippen LogP contribution is 2.31. The summed E-state index contributed by atoms with van der Waals surface area (Å²) in [6.07, 6.45) is 0. The van der Waals surface area contributed by atoms with Crippen molar-refractivity contribution < 1.29 is 5.11 Å². The maximum Gasteiger partial charge on any atom is 0.106 e. The minimum Gasteiger partial charge on any atom is -0.388 e. The Bertz CT molecular complexity index is 593. The Balaban J connectivity index is 2.56. The number of aliphatic hydroxyl groups is 1. The van der Waals surface area contributed by atoms with E-state index in [1.54, 1.807) is 0 Å². The van der Waals surface area contributed by atoms with Crippen LogP contribution in [-0.4, -0.2) is 39.3 Å². The topological polar surface area (TPSA) is 41.3 Å². The predicted molar refractivity (Wildman–Crippen MR) is 78.2 cm³/mol. The molecule has 1 heterocycles. The Labute approximate surface area is 114 Å². The fourth-order valence-corrected chi connectivity index (χ4v) is 2.85. The zero-order chi connectivity index (χ0) is 14.4. The molecule has 1 unspecified atom stereocenters. The minimum absolute atomic E-state index is 0.0563. The van der Waals surface area contributed by atoms with Crippen molar-refractivity contribution in [3.63, 3.8) is 0 Å². The first-order chi connectivity index (χ1) is 8.71. The van der Waals surface area contributed by atoms with Gasteiger partial charge >= 0.3 is 0 Å². The van der Waals surface area contributed by atoms with E-state index in [9.17, 15) is 5.11 Å². The van der Waals surface area contributed by atoms with E-state index < -0.39 is 5.60 Å². The Hall–Kier alpha value is -1.39. The van der Waals surface area contributed by atoms with Gasteiger partial charge in [0.15, 0.2) is 0 Å². The molecule has 1 aromatic heterocycles. The number of benzene rings is 1. The first kappa shape index (κ1) is 14.0.